The van der Waals surface area contributed by atoms with Gasteiger partial charge in [0.05, 0.1) is 0 Å². The molecule has 0 aromatic heterocycles. The standard InChI is InChI=1S/C5H12N2O2.3HNO3/c6-3-1-2-4(7)5(8)9;3*2-1(3)4/h4H,1-3,6-7H2,(H,8,9);3*(H,2,3,4). The van der Waals surface area contributed by atoms with Crippen LogP contribution in [0.3, 0.4) is 0 Å². The molecule has 0 heterocycles. The molecule has 0 aliphatic carbocycles. The van der Waals surface area contributed by atoms with E-state index in [1.165, 1.54) is 0 Å². The predicted molar refractivity (Wildman–Crippen MR) is 60.2 cm³/mol. The van der Waals surface area contributed by atoms with Gasteiger partial charge in [-0.2, -0.15) is 0 Å². The molecule has 126 valence electrons. The third kappa shape index (κ3) is 153. The summed E-state index contributed by atoms with van der Waals surface area (Å²) in [6, 6.07) is -0.742. The monoisotopic (exact) mass is 321 g/mol. The zero-order valence-corrected chi connectivity index (χ0v) is 10.3. The van der Waals surface area contributed by atoms with Gasteiger partial charge in [0.15, 0.2) is 0 Å². The third-order valence-electron chi connectivity index (χ3n) is 1.04. The van der Waals surface area contributed by atoms with Crippen LogP contribution in [-0.4, -0.2) is 54.5 Å². The van der Waals surface area contributed by atoms with Gasteiger partial charge in [0.2, 0.25) is 0 Å². The molecule has 1 atom stereocenters. The molecule has 0 bridgehead atoms. The van der Waals surface area contributed by atoms with E-state index in [9.17, 15) is 4.79 Å². The van der Waals surface area contributed by atoms with Crippen LogP contribution in [0.1, 0.15) is 12.8 Å². The van der Waals surface area contributed by atoms with Crippen LogP contribution in [0.15, 0.2) is 0 Å². The maximum Gasteiger partial charge on any atom is 0.320 e. The zero-order valence-electron chi connectivity index (χ0n) is 10.3. The molecule has 0 aliphatic heterocycles. The fourth-order valence-corrected chi connectivity index (χ4v) is 0.461. The van der Waals surface area contributed by atoms with E-state index in [2.05, 4.69) is 0 Å². The maximum absolute atomic E-state index is 10.0. The second-order valence-electron chi connectivity index (χ2n) is 2.59. The molecular weight excluding hydrogens is 306 g/mol. The molecule has 8 N–H and O–H groups in total. The number of carbonyl (C=O) groups is 1. The predicted octanol–water partition coefficient (Wildman–Crippen LogP) is -1.91. The highest BCUT2D eigenvalue weighted by atomic mass is 16.9. The number of nitrogens with two attached hydrogens (primary N) is 2. The van der Waals surface area contributed by atoms with E-state index >= 15 is 0 Å². The second-order valence-corrected chi connectivity index (χ2v) is 2.59. The van der Waals surface area contributed by atoms with Crippen molar-refractivity contribution in [3.63, 3.8) is 0 Å². The van der Waals surface area contributed by atoms with Crippen molar-refractivity contribution in [1.29, 1.82) is 0 Å². The Hall–Kier alpha value is -3.01. The van der Waals surface area contributed by atoms with Crippen molar-refractivity contribution in [1.82, 2.24) is 0 Å². The normalized spacial score (nSPS) is 9.05. The van der Waals surface area contributed by atoms with Gasteiger partial charge < -0.3 is 32.2 Å². The number of hydrogen-bond donors (Lipinski definition) is 6. The molecule has 16 heteroatoms. The fourth-order valence-electron chi connectivity index (χ4n) is 0.461. The molecule has 0 rings (SSSR count). The first-order valence-corrected chi connectivity index (χ1v) is 4.56. The Morgan fingerprint density at radius 2 is 1.24 bits per heavy atom. The SMILES string of the molecule is NCCCC(N)C(=O)O.O=[N+]([O-])O.O=[N+]([O-])O.O=[N+]([O-])O. The summed E-state index contributed by atoms with van der Waals surface area (Å²) >= 11 is 0. The summed E-state index contributed by atoms with van der Waals surface area (Å²) in [7, 11) is 0. The summed E-state index contributed by atoms with van der Waals surface area (Å²) in [5.74, 6) is -0.955. The smallest absolute Gasteiger partial charge is 0.320 e. The first-order chi connectivity index (χ1) is 9.38. The lowest BCUT2D eigenvalue weighted by atomic mass is 10.2. The van der Waals surface area contributed by atoms with E-state index < -0.39 is 27.3 Å². The van der Waals surface area contributed by atoms with E-state index in [0.717, 1.165) is 0 Å². The summed E-state index contributed by atoms with van der Waals surface area (Å²) in [6.07, 6.45) is 1.14. The minimum Gasteiger partial charge on any atom is -0.480 e. The van der Waals surface area contributed by atoms with Gasteiger partial charge in [-0.25, -0.2) is 0 Å². The van der Waals surface area contributed by atoms with Gasteiger partial charge in [-0.05, 0) is 19.4 Å². The molecule has 0 radical (unpaired) electrons. The number of hydrogen-bond acceptors (Lipinski definition) is 9. The second kappa shape index (κ2) is 19.3. The van der Waals surface area contributed by atoms with Gasteiger partial charge in [0.1, 0.15) is 6.04 Å². The van der Waals surface area contributed by atoms with Crippen LogP contribution in [-0.2, 0) is 4.79 Å². The van der Waals surface area contributed by atoms with Crippen molar-refractivity contribution < 1.29 is 40.8 Å². The summed E-state index contributed by atoms with van der Waals surface area (Å²) in [5.41, 5.74) is 10.3. The van der Waals surface area contributed by atoms with Crippen LogP contribution in [0.25, 0.3) is 0 Å². The van der Waals surface area contributed by atoms with E-state index in [0.29, 0.717) is 19.4 Å². The average molecular weight is 321 g/mol. The maximum atomic E-state index is 10.0. The summed E-state index contributed by atoms with van der Waals surface area (Å²) < 4.78 is 0. The molecule has 0 fully saturated rings. The third-order valence-corrected chi connectivity index (χ3v) is 1.04. The van der Waals surface area contributed by atoms with Crippen LogP contribution in [0, 0.1) is 30.3 Å². The molecule has 16 nitrogen and oxygen atoms in total. The van der Waals surface area contributed by atoms with E-state index in [-0.39, 0.29) is 0 Å². The minimum absolute atomic E-state index is 0.464. The van der Waals surface area contributed by atoms with Crippen molar-refractivity contribution in [3.8, 4) is 0 Å². The Kier molecular flexibility index (Phi) is 24.4. The van der Waals surface area contributed by atoms with Gasteiger partial charge in [0.25, 0.3) is 15.3 Å². The number of carboxylic acid groups (broad SMARTS) is 1. The number of carboxylic acids is 1. The number of nitrogens with zero attached hydrogens (tertiary/aromatic N) is 3. The molecule has 0 aromatic rings. The Balaban J connectivity index is -0.000000102. The van der Waals surface area contributed by atoms with Crippen LogP contribution in [0.4, 0.5) is 0 Å². The molecule has 21 heavy (non-hydrogen) atoms. The number of rotatable bonds is 4. The van der Waals surface area contributed by atoms with Crippen molar-refractivity contribution in [2.75, 3.05) is 6.54 Å². The molecule has 1 unspecified atom stereocenters. The highest BCUT2D eigenvalue weighted by Crippen LogP contribution is 1.91. The number of aliphatic carboxylic acids is 1. The van der Waals surface area contributed by atoms with Gasteiger partial charge in [0, 0.05) is 0 Å². The van der Waals surface area contributed by atoms with Gasteiger partial charge in [-0.15, -0.1) is 30.3 Å². The Morgan fingerprint density at radius 3 is 1.38 bits per heavy atom. The highest BCUT2D eigenvalue weighted by Gasteiger charge is 2.08. The van der Waals surface area contributed by atoms with Crippen LogP contribution in [0.5, 0.6) is 0 Å². The van der Waals surface area contributed by atoms with Gasteiger partial charge in [-0.1, -0.05) is 0 Å². The van der Waals surface area contributed by atoms with Gasteiger partial charge >= 0.3 is 5.97 Å². The van der Waals surface area contributed by atoms with Crippen molar-refractivity contribution in [2.24, 2.45) is 11.5 Å². The van der Waals surface area contributed by atoms with Crippen molar-refractivity contribution >= 4 is 5.97 Å². The van der Waals surface area contributed by atoms with E-state index in [4.69, 9.17) is 62.5 Å². The van der Waals surface area contributed by atoms with Crippen molar-refractivity contribution in [2.45, 2.75) is 18.9 Å². The highest BCUT2D eigenvalue weighted by molar-refractivity contribution is 5.72. The zero-order chi connectivity index (χ0) is 18.0. The molecule has 0 aliphatic rings. The lowest BCUT2D eigenvalue weighted by Crippen LogP contribution is -2.30. The van der Waals surface area contributed by atoms with Crippen LogP contribution >= 0.6 is 0 Å². The van der Waals surface area contributed by atoms with Crippen LogP contribution < -0.4 is 11.5 Å². The van der Waals surface area contributed by atoms with Gasteiger partial charge in [-0.3, -0.25) is 4.79 Å². The Labute approximate surface area is 115 Å². The van der Waals surface area contributed by atoms with E-state index in [1.54, 1.807) is 0 Å². The van der Waals surface area contributed by atoms with Crippen molar-refractivity contribution in [3.05, 3.63) is 30.3 Å². The van der Waals surface area contributed by atoms with E-state index in [1.807, 2.05) is 0 Å². The summed E-state index contributed by atoms with van der Waals surface area (Å²) in [5, 5.41) is 49.2. The lowest BCUT2D eigenvalue weighted by molar-refractivity contribution is -0.742. The minimum atomic E-state index is -1.50. The fraction of sp³-hybridized carbons (Fsp3) is 0.800. The Bertz CT molecular complexity index is 269. The molecule has 0 saturated carbocycles. The molecular formula is C5H15N5O11. The molecule has 0 spiro atoms. The lowest BCUT2D eigenvalue weighted by Gasteiger charge is -2.02. The molecule has 0 saturated heterocycles. The first-order valence-electron chi connectivity index (χ1n) is 4.56. The van der Waals surface area contributed by atoms with Crippen LogP contribution in [0.2, 0.25) is 0 Å². The summed E-state index contributed by atoms with van der Waals surface area (Å²) in [6.45, 7) is 0.501. The molecule has 0 amide bonds. The Morgan fingerprint density at radius 1 is 1.00 bits per heavy atom. The topological polar surface area (TPSA) is 279 Å². The first kappa shape index (κ1) is 26.5. The molecule has 0 aromatic carbocycles. The average Bonchev–Trinajstić information content (AvgIpc) is 2.23. The largest absolute Gasteiger partial charge is 0.480 e. The summed E-state index contributed by atoms with van der Waals surface area (Å²) in [4.78, 5) is 35.1. The quantitative estimate of drug-likeness (QED) is 0.243.